The molecule has 0 radical (unpaired) electrons. The van der Waals surface area contributed by atoms with Crippen LogP contribution in [-0.4, -0.2) is 107 Å². The summed E-state index contributed by atoms with van der Waals surface area (Å²) in [7, 11) is 1.79. The van der Waals surface area contributed by atoms with Crippen LogP contribution < -0.4 is 20.9 Å². The smallest absolute Gasteiger partial charge is 0.275 e. The SMILES string of the molecule is CNc1cc(N2CCc3c(CN4CCC(N5CCC6(CCNC6)CC5)C(F)(F)C4)cccc32)nn2c(C(=O)N[C@@H]3C[C@@H]3F)cnc12. The molecule has 1 amide bonds. The van der Waals surface area contributed by atoms with Crippen molar-refractivity contribution in [3.8, 4) is 0 Å². The number of imidazole rings is 1. The van der Waals surface area contributed by atoms with Crippen molar-refractivity contribution in [3.05, 3.63) is 47.3 Å². The summed E-state index contributed by atoms with van der Waals surface area (Å²) in [5, 5.41) is 14.1. The number of amides is 1. The molecule has 3 atom stereocenters. The fourth-order valence-corrected chi connectivity index (χ4v) is 8.23. The van der Waals surface area contributed by atoms with E-state index >= 15 is 8.78 Å². The van der Waals surface area contributed by atoms with E-state index in [0.29, 0.717) is 55.0 Å². The molecule has 4 fully saturated rings. The van der Waals surface area contributed by atoms with Gasteiger partial charge in [0.2, 0.25) is 0 Å². The van der Waals surface area contributed by atoms with Gasteiger partial charge in [0.15, 0.2) is 17.2 Å². The molecule has 46 heavy (non-hydrogen) atoms. The van der Waals surface area contributed by atoms with Crippen LogP contribution in [0, 0.1) is 5.41 Å². The molecule has 2 aromatic heterocycles. The molecule has 1 aliphatic carbocycles. The van der Waals surface area contributed by atoms with Crippen LogP contribution in [0.5, 0.6) is 0 Å². The van der Waals surface area contributed by atoms with Crippen LogP contribution in [0.15, 0.2) is 30.5 Å². The third kappa shape index (κ3) is 5.29. The Kier molecular flexibility index (Phi) is 7.41. The van der Waals surface area contributed by atoms with Crippen molar-refractivity contribution >= 4 is 28.7 Å². The maximum Gasteiger partial charge on any atom is 0.275 e. The first kappa shape index (κ1) is 29.9. The Morgan fingerprint density at radius 2 is 1.98 bits per heavy atom. The van der Waals surface area contributed by atoms with Gasteiger partial charge in [-0.05, 0) is 74.3 Å². The third-order valence-electron chi connectivity index (χ3n) is 11.1. The number of halogens is 3. The average molecular weight is 638 g/mol. The number of likely N-dealkylation sites (tertiary alicyclic amines) is 2. The lowest BCUT2D eigenvalue weighted by atomic mass is 9.77. The van der Waals surface area contributed by atoms with Crippen LogP contribution in [0.2, 0.25) is 0 Å². The summed E-state index contributed by atoms with van der Waals surface area (Å²) in [5.41, 5.74) is 4.95. The molecule has 1 unspecified atom stereocenters. The lowest BCUT2D eigenvalue weighted by molar-refractivity contribution is -0.136. The van der Waals surface area contributed by atoms with Crippen LogP contribution in [0.25, 0.3) is 5.65 Å². The molecule has 1 aromatic carbocycles. The first-order valence-corrected chi connectivity index (χ1v) is 16.7. The zero-order valence-corrected chi connectivity index (χ0v) is 26.2. The van der Waals surface area contributed by atoms with Crippen LogP contribution in [-0.2, 0) is 13.0 Å². The normalized spacial score (nSPS) is 27.3. The van der Waals surface area contributed by atoms with Crippen molar-refractivity contribution in [1.29, 1.82) is 0 Å². The number of alkyl halides is 3. The lowest BCUT2D eigenvalue weighted by Crippen LogP contribution is -2.60. The van der Waals surface area contributed by atoms with E-state index in [1.54, 1.807) is 7.05 Å². The molecular weight excluding hydrogens is 595 g/mol. The van der Waals surface area contributed by atoms with E-state index in [1.807, 2.05) is 23.1 Å². The second-order valence-corrected chi connectivity index (χ2v) is 13.9. The molecule has 5 aliphatic rings. The van der Waals surface area contributed by atoms with E-state index in [9.17, 15) is 9.18 Å². The van der Waals surface area contributed by atoms with E-state index in [4.69, 9.17) is 5.10 Å². The largest absolute Gasteiger partial charge is 0.385 e. The van der Waals surface area contributed by atoms with Gasteiger partial charge in [0, 0.05) is 51.4 Å². The minimum absolute atomic E-state index is 0.229. The second kappa shape index (κ2) is 11.4. The van der Waals surface area contributed by atoms with Gasteiger partial charge in [-0.25, -0.2) is 22.7 Å². The summed E-state index contributed by atoms with van der Waals surface area (Å²) in [6.45, 7) is 5.17. The Bertz CT molecular complexity index is 1630. The molecule has 6 heterocycles. The fourth-order valence-electron chi connectivity index (χ4n) is 8.23. The Hall–Kier alpha value is -3.42. The Morgan fingerprint density at radius 3 is 2.70 bits per heavy atom. The molecule has 1 saturated carbocycles. The number of nitrogens with one attached hydrogen (secondary N) is 3. The highest BCUT2D eigenvalue weighted by Crippen LogP contribution is 2.42. The van der Waals surface area contributed by atoms with Crippen molar-refractivity contribution in [1.82, 2.24) is 35.0 Å². The monoisotopic (exact) mass is 637 g/mol. The molecule has 246 valence electrons. The Balaban J connectivity index is 0.984. The van der Waals surface area contributed by atoms with Gasteiger partial charge >= 0.3 is 0 Å². The maximum absolute atomic E-state index is 15.7. The minimum Gasteiger partial charge on any atom is -0.385 e. The predicted octanol–water partition coefficient (Wildman–Crippen LogP) is 3.59. The summed E-state index contributed by atoms with van der Waals surface area (Å²) in [4.78, 5) is 23.4. The van der Waals surface area contributed by atoms with Crippen LogP contribution >= 0.6 is 0 Å². The maximum atomic E-state index is 15.7. The number of carbonyl (C=O) groups is 1. The summed E-state index contributed by atoms with van der Waals surface area (Å²) in [6, 6.07) is 6.82. The van der Waals surface area contributed by atoms with E-state index < -0.39 is 30.1 Å². The Labute approximate surface area is 266 Å². The molecule has 3 N–H and O–H groups in total. The van der Waals surface area contributed by atoms with Gasteiger partial charge in [0.25, 0.3) is 11.8 Å². The number of hydrogen-bond donors (Lipinski definition) is 3. The molecule has 3 saturated heterocycles. The average Bonchev–Trinajstić information content (AvgIpc) is 3.45. The van der Waals surface area contributed by atoms with Gasteiger partial charge in [-0.1, -0.05) is 12.1 Å². The lowest BCUT2D eigenvalue weighted by Gasteiger charge is -2.48. The number of hydrogen-bond acceptors (Lipinski definition) is 8. The third-order valence-corrected chi connectivity index (χ3v) is 11.1. The second-order valence-electron chi connectivity index (χ2n) is 13.9. The van der Waals surface area contributed by atoms with Gasteiger partial charge in [-0.15, -0.1) is 5.10 Å². The fraction of sp³-hybridized carbons (Fsp3) is 0.606. The molecule has 10 nitrogen and oxygen atoms in total. The highest BCUT2D eigenvalue weighted by molar-refractivity contribution is 5.94. The molecule has 1 spiro atoms. The molecular formula is C33H42F3N9O. The number of carbonyl (C=O) groups excluding carboxylic acids is 1. The number of rotatable bonds is 7. The first-order chi connectivity index (χ1) is 22.2. The molecule has 8 rings (SSSR count). The van der Waals surface area contributed by atoms with E-state index in [0.717, 1.165) is 62.3 Å². The zero-order chi connectivity index (χ0) is 31.6. The van der Waals surface area contributed by atoms with Crippen LogP contribution in [0.4, 0.5) is 30.4 Å². The first-order valence-electron chi connectivity index (χ1n) is 16.7. The number of fused-ring (bicyclic) bond motifs is 2. The number of piperidine rings is 2. The number of benzene rings is 1. The molecule has 13 heteroatoms. The number of anilines is 3. The van der Waals surface area contributed by atoms with E-state index in [-0.39, 0.29) is 12.2 Å². The van der Waals surface area contributed by atoms with Crippen molar-refractivity contribution in [3.63, 3.8) is 0 Å². The highest BCUT2D eigenvalue weighted by Gasteiger charge is 2.49. The molecule has 0 bridgehead atoms. The van der Waals surface area contributed by atoms with Crippen LogP contribution in [0.3, 0.4) is 0 Å². The number of nitrogens with zero attached hydrogens (tertiary/aromatic N) is 6. The van der Waals surface area contributed by atoms with Crippen molar-refractivity contribution < 1.29 is 18.0 Å². The van der Waals surface area contributed by atoms with Crippen molar-refractivity contribution in [2.75, 3.05) is 63.1 Å². The van der Waals surface area contributed by atoms with Gasteiger partial charge in [0.1, 0.15) is 6.17 Å². The Morgan fingerprint density at radius 1 is 1.15 bits per heavy atom. The van der Waals surface area contributed by atoms with Gasteiger partial charge < -0.3 is 20.9 Å². The topological polar surface area (TPSA) is 93.1 Å². The van der Waals surface area contributed by atoms with E-state index in [2.05, 4.69) is 36.8 Å². The van der Waals surface area contributed by atoms with Gasteiger partial charge in [-0.3, -0.25) is 14.6 Å². The summed E-state index contributed by atoms with van der Waals surface area (Å²) in [6.07, 6.45) is 5.19. The van der Waals surface area contributed by atoms with Crippen molar-refractivity contribution in [2.24, 2.45) is 5.41 Å². The van der Waals surface area contributed by atoms with Crippen LogP contribution in [0.1, 0.15) is 53.7 Å². The van der Waals surface area contributed by atoms with Crippen molar-refractivity contribution in [2.45, 2.75) is 69.2 Å². The predicted molar refractivity (Wildman–Crippen MR) is 170 cm³/mol. The summed E-state index contributed by atoms with van der Waals surface area (Å²) < 4.78 is 46.4. The van der Waals surface area contributed by atoms with Gasteiger partial charge in [-0.2, -0.15) is 0 Å². The molecule has 4 aliphatic heterocycles. The zero-order valence-electron chi connectivity index (χ0n) is 26.2. The van der Waals surface area contributed by atoms with E-state index in [1.165, 1.54) is 17.1 Å². The summed E-state index contributed by atoms with van der Waals surface area (Å²) in [5.74, 6) is -2.54. The molecule has 3 aromatic rings. The number of aromatic nitrogens is 3. The standard InChI is InChI=1S/C33H42F3N9O/c1-37-25-16-29(41-45-27(17-39-30(25)45)31(46)40-24-15-23(24)34)44-12-5-22-21(3-2-4-26(22)44)18-42-11-6-28(33(35,36)20-42)43-13-8-32(9-14-43)7-10-38-19-32/h2-4,16-17,23-24,28,37-38H,5-15,18-20H2,1H3,(H,40,46)/t23-,24+,28?/m0/s1. The summed E-state index contributed by atoms with van der Waals surface area (Å²) >= 11 is 0. The quantitative estimate of drug-likeness (QED) is 0.362. The highest BCUT2D eigenvalue weighted by atomic mass is 19.3. The minimum atomic E-state index is -2.76. The van der Waals surface area contributed by atoms with Gasteiger partial charge in [0.05, 0.1) is 30.5 Å².